The predicted octanol–water partition coefficient (Wildman–Crippen LogP) is 5.09. The molecule has 7 heteroatoms. The molecular formula is C22H24Cl2N2O3. The molecule has 3 rings (SSSR count). The summed E-state index contributed by atoms with van der Waals surface area (Å²) in [6, 6.07) is 11.0. The van der Waals surface area contributed by atoms with E-state index in [0.717, 1.165) is 22.6 Å². The second kappa shape index (κ2) is 9.06. The molecule has 0 aliphatic carbocycles. The monoisotopic (exact) mass is 434 g/mol. The molecule has 5 nitrogen and oxygen atoms in total. The van der Waals surface area contributed by atoms with Gasteiger partial charge in [0.15, 0.2) is 0 Å². The molecule has 0 saturated heterocycles. The van der Waals surface area contributed by atoms with Gasteiger partial charge in [0.2, 0.25) is 11.8 Å². The summed E-state index contributed by atoms with van der Waals surface area (Å²) in [5.41, 5.74) is 2.24. The molecule has 2 amide bonds. The lowest BCUT2D eigenvalue weighted by Gasteiger charge is -2.27. The molecule has 1 heterocycles. The average Bonchev–Trinajstić information content (AvgIpc) is 2.67. The summed E-state index contributed by atoms with van der Waals surface area (Å²) in [4.78, 5) is 23.8. The maximum Gasteiger partial charge on any atom is 0.224 e. The van der Waals surface area contributed by atoms with Gasteiger partial charge < -0.3 is 15.4 Å². The van der Waals surface area contributed by atoms with E-state index in [0.29, 0.717) is 42.3 Å². The van der Waals surface area contributed by atoms with Crippen molar-refractivity contribution in [3.63, 3.8) is 0 Å². The Kier molecular flexibility index (Phi) is 6.70. The van der Waals surface area contributed by atoms with Crippen LogP contribution in [0.4, 0.5) is 5.69 Å². The third kappa shape index (κ3) is 5.64. The average molecular weight is 435 g/mol. The summed E-state index contributed by atoms with van der Waals surface area (Å²) in [5.74, 6) is 0.732. The van der Waals surface area contributed by atoms with Crippen molar-refractivity contribution >= 4 is 40.7 Å². The number of fused-ring (bicyclic) bond motifs is 1. The van der Waals surface area contributed by atoms with Crippen molar-refractivity contribution < 1.29 is 14.3 Å². The van der Waals surface area contributed by atoms with Gasteiger partial charge in [-0.15, -0.1) is 0 Å². The van der Waals surface area contributed by atoms with Crippen LogP contribution in [0.25, 0.3) is 0 Å². The minimum absolute atomic E-state index is 0.0426. The maximum absolute atomic E-state index is 12.4. The van der Waals surface area contributed by atoms with Gasteiger partial charge >= 0.3 is 0 Å². The number of nitrogens with one attached hydrogen (secondary N) is 2. The first kappa shape index (κ1) is 21.5. The van der Waals surface area contributed by atoms with Crippen molar-refractivity contribution in [1.82, 2.24) is 5.32 Å². The van der Waals surface area contributed by atoms with Crippen LogP contribution in [-0.2, 0) is 21.5 Å². The van der Waals surface area contributed by atoms with E-state index in [9.17, 15) is 9.59 Å². The molecule has 0 unspecified atom stereocenters. The van der Waals surface area contributed by atoms with Gasteiger partial charge in [-0.25, -0.2) is 0 Å². The molecule has 0 atom stereocenters. The molecule has 0 fully saturated rings. The number of rotatable bonds is 7. The Balaban J connectivity index is 1.46. The van der Waals surface area contributed by atoms with E-state index < -0.39 is 5.54 Å². The Morgan fingerprint density at radius 3 is 2.69 bits per heavy atom. The van der Waals surface area contributed by atoms with E-state index in [2.05, 4.69) is 10.6 Å². The number of hydrogen-bond acceptors (Lipinski definition) is 3. The van der Waals surface area contributed by atoms with Gasteiger partial charge in [0.25, 0.3) is 0 Å². The molecule has 1 aliphatic heterocycles. The second-order valence-corrected chi connectivity index (χ2v) is 8.44. The van der Waals surface area contributed by atoms with Crippen LogP contribution < -0.4 is 15.4 Å². The Labute approximate surface area is 180 Å². The number of ether oxygens (including phenoxy) is 1. The lowest BCUT2D eigenvalue weighted by atomic mass is 9.94. The zero-order valence-electron chi connectivity index (χ0n) is 16.5. The zero-order chi connectivity index (χ0) is 21.0. The Hall–Kier alpha value is -2.24. The molecule has 0 aromatic heterocycles. The van der Waals surface area contributed by atoms with Crippen LogP contribution in [0.1, 0.15) is 44.2 Å². The molecule has 2 aromatic rings. The largest absolute Gasteiger partial charge is 0.494 e. The fourth-order valence-corrected chi connectivity index (χ4v) is 3.54. The smallest absolute Gasteiger partial charge is 0.224 e. The Morgan fingerprint density at radius 1 is 1.14 bits per heavy atom. The molecule has 0 spiro atoms. The van der Waals surface area contributed by atoms with Crippen LogP contribution in [0.3, 0.4) is 0 Å². The van der Waals surface area contributed by atoms with E-state index in [1.807, 2.05) is 38.1 Å². The standard InChI is InChI=1S/C22H24Cl2N2O3/c1-22(2,15-6-8-17(23)18(24)13-15)26-21(28)4-3-11-29-16-7-9-19-14(12-16)5-10-20(27)25-19/h6-9,12-13H,3-5,10-11H2,1-2H3,(H,25,27)(H,26,28). The predicted molar refractivity (Wildman–Crippen MR) is 116 cm³/mol. The number of amides is 2. The van der Waals surface area contributed by atoms with Crippen LogP contribution in [0, 0.1) is 0 Å². The van der Waals surface area contributed by atoms with Gasteiger partial charge in [0.05, 0.1) is 22.2 Å². The third-order valence-corrected chi connectivity index (χ3v) is 5.62. The topological polar surface area (TPSA) is 67.4 Å². The SMILES string of the molecule is CC(C)(NC(=O)CCCOc1ccc2c(c1)CCC(=O)N2)c1ccc(Cl)c(Cl)c1. The van der Waals surface area contributed by atoms with Gasteiger partial charge in [-0.2, -0.15) is 0 Å². The van der Waals surface area contributed by atoms with Crippen LogP contribution in [0.2, 0.25) is 10.0 Å². The highest BCUT2D eigenvalue weighted by Gasteiger charge is 2.23. The Bertz CT molecular complexity index is 928. The first-order chi connectivity index (χ1) is 13.7. The van der Waals surface area contributed by atoms with Gasteiger partial charge in [-0.1, -0.05) is 29.3 Å². The summed E-state index contributed by atoms with van der Waals surface area (Å²) < 4.78 is 5.77. The zero-order valence-corrected chi connectivity index (χ0v) is 18.0. The summed E-state index contributed by atoms with van der Waals surface area (Å²) in [6.07, 6.45) is 2.15. The number of anilines is 1. The minimum Gasteiger partial charge on any atom is -0.494 e. The van der Waals surface area contributed by atoms with Gasteiger partial charge in [0.1, 0.15) is 5.75 Å². The quantitative estimate of drug-likeness (QED) is 0.596. The van der Waals surface area contributed by atoms with Crippen LogP contribution in [-0.4, -0.2) is 18.4 Å². The molecule has 0 bridgehead atoms. The third-order valence-electron chi connectivity index (χ3n) is 4.88. The molecule has 2 aromatic carbocycles. The minimum atomic E-state index is -0.560. The normalized spacial score (nSPS) is 13.4. The van der Waals surface area contributed by atoms with Crippen LogP contribution >= 0.6 is 23.2 Å². The molecule has 29 heavy (non-hydrogen) atoms. The molecule has 0 radical (unpaired) electrons. The number of carbonyl (C=O) groups is 2. The molecule has 0 saturated carbocycles. The van der Waals surface area contributed by atoms with Gasteiger partial charge in [-0.05, 0) is 68.1 Å². The number of benzene rings is 2. The molecular weight excluding hydrogens is 411 g/mol. The van der Waals surface area contributed by atoms with E-state index in [1.54, 1.807) is 12.1 Å². The fraction of sp³-hybridized carbons (Fsp3) is 0.364. The first-order valence-electron chi connectivity index (χ1n) is 9.57. The van der Waals surface area contributed by atoms with Crippen molar-refractivity contribution in [2.24, 2.45) is 0 Å². The van der Waals surface area contributed by atoms with Crippen molar-refractivity contribution in [2.75, 3.05) is 11.9 Å². The Morgan fingerprint density at radius 2 is 1.93 bits per heavy atom. The molecule has 1 aliphatic rings. The van der Waals surface area contributed by atoms with Gasteiger partial charge in [0, 0.05) is 18.5 Å². The van der Waals surface area contributed by atoms with Crippen LogP contribution in [0.15, 0.2) is 36.4 Å². The molecule has 2 N–H and O–H groups in total. The lowest BCUT2D eigenvalue weighted by Crippen LogP contribution is -2.41. The number of halogens is 2. The highest BCUT2D eigenvalue weighted by atomic mass is 35.5. The van der Waals surface area contributed by atoms with E-state index >= 15 is 0 Å². The van der Waals surface area contributed by atoms with Crippen molar-refractivity contribution in [1.29, 1.82) is 0 Å². The number of carbonyl (C=O) groups excluding carboxylic acids is 2. The van der Waals surface area contributed by atoms with E-state index in [4.69, 9.17) is 27.9 Å². The van der Waals surface area contributed by atoms with Crippen molar-refractivity contribution in [3.05, 3.63) is 57.6 Å². The first-order valence-corrected chi connectivity index (χ1v) is 10.3. The lowest BCUT2D eigenvalue weighted by molar-refractivity contribution is -0.123. The summed E-state index contributed by atoms with van der Waals surface area (Å²) >= 11 is 12.1. The fourth-order valence-electron chi connectivity index (χ4n) is 3.24. The van der Waals surface area contributed by atoms with Crippen molar-refractivity contribution in [2.45, 2.75) is 45.1 Å². The van der Waals surface area contributed by atoms with E-state index in [1.165, 1.54) is 0 Å². The van der Waals surface area contributed by atoms with Crippen LogP contribution in [0.5, 0.6) is 5.75 Å². The number of aryl methyl sites for hydroxylation is 1. The summed E-state index contributed by atoms with van der Waals surface area (Å²) in [6.45, 7) is 4.28. The molecule has 154 valence electrons. The number of hydrogen-bond donors (Lipinski definition) is 2. The van der Waals surface area contributed by atoms with Gasteiger partial charge in [-0.3, -0.25) is 9.59 Å². The summed E-state index contributed by atoms with van der Waals surface area (Å²) in [5, 5.41) is 6.82. The summed E-state index contributed by atoms with van der Waals surface area (Å²) in [7, 11) is 0. The van der Waals surface area contributed by atoms with Crippen molar-refractivity contribution in [3.8, 4) is 5.75 Å². The highest BCUT2D eigenvalue weighted by molar-refractivity contribution is 6.42. The maximum atomic E-state index is 12.4. The second-order valence-electron chi connectivity index (χ2n) is 7.62. The van der Waals surface area contributed by atoms with E-state index in [-0.39, 0.29) is 11.8 Å². The highest BCUT2D eigenvalue weighted by Crippen LogP contribution is 2.29.